The number of aryl methyl sites for hydroxylation is 2. The first-order valence-corrected chi connectivity index (χ1v) is 10.0. The molecule has 0 saturated heterocycles. The van der Waals surface area contributed by atoms with E-state index in [0.29, 0.717) is 23.2 Å². The van der Waals surface area contributed by atoms with Crippen LogP contribution in [0.3, 0.4) is 0 Å². The van der Waals surface area contributed by atoms with E-state index in [9.17, 15) is 4.79 Å². The van der Waals surface area contributed by atoms with Crippen LogP contribution in [0.2, 0.25) is 5.02 Å². The lowest BCUT2D eigenvalue weighted by Gasteiger charge is -2.07. The smallest absolute Gasteiger partial charge is 0.227 e. The maximum Gasteiger partial charge on any atom is 0.227 e. The molecule has 5 nitrogen and oxygen atoms in total. The van der Waals surface area contributed by atoms with E-state index in [2.05, 4.69) is 27.6 Å². The van der Waals surface area contributed by atoms with Gasteiger partial charge >= 0.3 is 0 Å². The Morgan fingerprint density at radius 3 is 2.40 bits per heavy atom. The number of carbonyl (C=O) groups is 1. The summed E-state index contributed by atoms with van der Waals surface area (Å²) in [5.74, 6) is 0.825. The van der Waals surface area contributed by atoms with E-state index in [4.69, 9.17) is 16.1 Å². The van der Waals surface area contributed by atoms with Crippen LogP contribution >= 0.6 is 11.6 Å². The molecular weight excluding hydrogens is 398 g/mol. The quantitative estimate of drug-likeness (QED) is 0.421. The Bertz CT molecular complexity index is 1150. The second-order valence-electron chi connectivity index (χ2n) is 6.96. The number of nitrogens with one attached hydrogen (secondary N) is 1. The van der Waals surface area contributed by atoms with Crippen molar-refractivity contribution in [3.8, 4) is 22.5 Å². The summed E-state index contributed by atoms with van der Waals surface area (Å²) in [6.07, 6.45) is 0.615. The van der Waals surface area contributed by atoms with Gasteiger partial charge in [0.1, 0.15) is 0 Å². The zero-order valence-corrected chi connectivity index (χ0v) is 17.2. The normalized spacial score (nSPS) is 10.7. The predicted molar refractivity (Wildman–Crippen MR) is 118 cm³/mol. The van der Waals surface area contributed by atoms with Crippen molar-refractivity contribution < 1.29 is 9.32 Å². The van der Waals surface area contributed by atoms with Gasteiger partial charge in [0, 0.05) is 29.1 Å². The number of carbonyl (C=O) groups excluding carboxylic acids is 1. The van der Waals surface area contributed by atoms with Crippen molar-refractivity contribution in [1.82, 2.24) is 10.1 Å². The lowest BCUT2D eigenvalue weighted by molar-refractivity contribution is -0.116. The molecule has 30 heavy (non-hydrogen) atoms. The van der Waals surface area contributed by atoms with E-state index in [-0.39, 0.29) is 12.3 Å². The summed E-state index contributed by atoms with van der Waals surface area (Å²) >= 11 is 5.95. The Morgan fingerprint density at radius 2 is 1.67 bits per heavy atom. The Labute approximate surface area is 179 Å². The highest BCUT2D eigenvalue weighted by atomic mass is 35.5. The average molecular weight is 418 g/mol. The molecule has 1 N–H and O–H groups in total. The second-order valence-corrected chi connectivity index (χ2v) is 7.40. The van der Waals surface area contributed by atoms with Crippen molar-refractivity contribution in [3.05, 3.63) is 89.3 Å². The first-order valence-electron chi connectivity index (χ1n) is 9.63. The number of nitrogens with zero attached hydrogens (tertiary/aromatic N) is 2. The van der Waals surface area contributed by atoms with Gasteiger partial charge in [0.05, 0.1) is 0 Å². The number of rotatable bonds is 6. The lowest BCUT2D eigenvalue weighted by atomic mass is 10.0. The highest BCUT2D eigenvalue weighted by molar-refractivity contribution is 6.30. The van der Waals surface area contributed by atoms with Crippen molar-refractivity contribution in [2.45, 2.75) is 19.8 Å². The molecule has 1 amide bonds. The van der Waals surface area contributed by atoms with Crippen LogP contribution in [0.4, 0.5) is 5.69 Å². The molecular formula is C24H20ClN3O2. The van der Waals surface area contributed by atoms with Gasteiger partial charge in [-0.05, 0) is 41.8 Å². The van der Waals surface area contributed by atoms with Gasteiger partial charge in [0.15, 0.2) is 0 Å². The van der Waals surface area contributed by atoms with Gasteiger partial charge < -0.3 is 9.84 Å². The third-order valence-electron chi connectivity index (χ3n) is 4.75. The molecule has 0 spiro atoms. The van der Waals surface area contributed by atoms with Crippen molar-refractivity contribution in [2.75, 3.05) is 5.32 Å². The molecule has 0 aliphatic heterocycles. The molecule has 0 bridgehead atoms. The van der Waals surface area contributed by atoms with Crippen molar-refractivity contribution in [3.63, 3.8) is 0 Å². The van der Waals surface area contributed by atoms with E-state index in [1.54, 1.807) is 12.1 Å². The molecule has 0 fully saturated rings. The van der Waals surface area contributed by atoms with Gasteiger partial charge in [0.2, 0.25) is 17.6 Å². The standard InChI is InChI=1S/C24H20ClN3O2/c1-16-15-20(25)11-12-21(16)26-22(29)13-14-23-27-24(28-30-23)19-9-7-18(8-10-19)17-5-3-2-4-6-17/h2-12,15H,13-14H2,1H3,(H,26,29). The minimum Gasteiger partial charge on any atom is -0.339 e. The number of anilines is 1. The molecule has 1 heterocycles. The second kappa shape index (κ2) is 8.93. The van der Waals surface area contributed by atoms with Crippen molar-refractivity contribution in [1.29, 1.82) is 0 Å². The molecule has 150 valence electrons. The zero-order valence-electron chi connectivity index (χ0n) is 16.4. The molecule has 0 radical (unpaired) electrons. The average Bonchev–Trinajstić information content (AvgIpc) is 3.24. The third kappa shape index (κ3) is 4.75. The lowest BCUT2D eigenvalue weighted by Crippen LogP contribution is -2.13. The molecule has 0 aliphatic rings. The topological polar surface area (TPSA) is 68.0 Å². The Kier molecular flexibility index (Phi) is 5.91. The van der Waals surface area contributed by atoms with Crippen LogP contribution in [0.5, 0.6) is 0 Å². The number of aromatic nitrogens is 2. The summed E-state index contributed by atoms with van der Waals surface area (Å²) in [7, 11) is 0. The van der Waals surface area contributed by atoms with Crippen LogP contribution < -0.4 is 5.32 Å². The van der Waals surface area contributed by atoms with Gasteiger partial charge in [-0.2, -0.15) is 4.98 Å². The van der Waals surface area contributed by atoms with E-state index in [1.165, 1.54) is 0 Å². The van der Waals surface area contributed by atoms with Crippen LogP contribution in [0.25, 0.3) is 22.5 Å². The van der Waals surface area contributed by atoms with Gasteiger partial charge in [-0.15, -0.1) is 0 Å². The number of hydrogen-bond donors (Lipinski definition) is 1. The molecule has 0 aliphatic carbocycles. The van der Waals surface area contributed by atoms with Crippen LogP contribution in [0, 0.1) is 6.92 Å². The third-order valence-corrected chi connectivity index (χ3v) is 4.98. The van der Waals surface area contributed by atoms with Gasteiger partial charge in [0.25, 0.3) is 0 Å². The molecule has 3 aromatic carbocycles. The van der Waals surface area contributed by atoms with Crippen LogP contribution in [0.15, 0.2) is 77.3 Å². The Morgan fingerprint density at radius 1 is 0.967 bits per heavy atom. The fourth-order valence-electron chi connectivity index (χ4n) is 3.12. The minimum absolute atomic E-state index is 0.118. The molecule has 4 rings (SSSR count). The molecule has 0 atom stereocenters. The van der Waals surface area contributed by atoms with Gasteiger partial charge in [-0.3, -0.25) is 4.79 Å². The first-order chi connectivity index (χ1) is 14.6. The molecule has 1 aromatic heterocycles. The molecule has 4 aromatic rings. The minimum atomic E-state index is -0.118. The highest BCUT2D eigenvalue weighted by Gasteiger charge is 2.12. The summed E-state index contributed by atoms with van der Waals surface area (Å²) in [5, 5.41) is 7.56. The fraction of sp³-hybridized carbons (Fsp3) is 0.125. The van der Waals surface area contributed by atoms with Crippen molar-refractivity contribution >= 4 is 23.2 Å². The summed E-state index contributed by atoms with van der Waals surface area (Å²) in [6.45, 7) is 1.90. The summed E-state index contributed by atoms with van der Waals surface area (Å²) in [5.41, 5.74) is 4.80. The van der Waals surface area contributed by atoms with E-state index < -0.39 is 0 Å². The zero-order chi connectivity index (χ0) is 20.9. The molecule has 6 heteroatoms. The SMILES string of the molecule is Cc1cc(Cl)ccc1NC(=O)CCc1nc(-c2ccc(-c3ccccc3)cc2)no1. The Balaban J connectivity index is 1.36. The van der Waals surface area contributed by atoms with E-state index in [1.807, 2.05) is 55.5 Å². The molecule has 0 unspecified atom stereocenters. The number of amides is 1. The largest absolute Gasteiger partial charge is 0.339 e. The summed E-state index contributed by atoms with van der Waals surface area (Å²) in [6, 6.07) is 23.5. The highest BCUT2D eigenvalue weighted by Crippen LogP contribution is 2.23. The number of benzene rings is 3. The number of halogens is 1. The maximum absolute atomic E-state index is 12.2. The van der Waals surface area contributed by atoms with Crippen LogP contribution in [-0.4, -0.2) is 16.0 Å². The maximum atomic E-state index is 12.2. The van der Waals surface area contributed by atoms with Crippen molar-refractivity contribution in [2.24, 2.45) is 0 Å². The van der Waals surface area contributed by atoms with Crippen LogP contribution in [-0.2, 0) is 11.2 Å². The summed E-state index contributed by atoms with van der Waals surface area (Å²) in [4.78, 5) is 16.7. The van der Waals surface area contributed by atoms with Gasteiger partial charge in [-0.1, -0.05) is 71.4 Å². The van der Waals surface area contributed by atoms with Crippen LogP contribution in [0.1, 0.15) is 17.9 Å². The Hall–Kier alpha value is -3.44. The van der Waals surface area contributed by atoms with E-state index in [0.717, 1.165) is 27.9 Å². The fourth-order valence-corrected chi connectivity index (χ4v) is 3.34. The number of hydrogen-bond acceptors (Lipinski definition) is 4. The molecule has 0 saturated carbocycles. The van der Waals surface area contributed by atoms with E-state index >= 15 is 0 Å². The first kappa shape index (κ1) is 19.9. The predicted octanol–water partition coefficient (Wildman–Crippen LogP) is 5.94. The summed E-state index contributed by atoms with van der Waals surface area (Å²) < 4.78 is 5.32. The van der Waals surface area contributed by atoms with Gasteiger partial charge in [-0.25, -0.2) is 0 Å². The monoisotopic (exact) mass is 417 g/mol.